The van der Waals surface area contributed by atoms with Crippen LogP contribution in [0, 0.1) is 5.82 Å². The molecule has 3 rings (SSSR count). The summed E-state index contributed by atoms with van der Waals surface area (Å²) in [5.74, 6) is -0.270. The van der Waals surface area contributed by atoms with Gasteiger partial charge in [-0.05, 0) is 17.7 Å². The van der Waals surface area contributed by atoms with Gasteiger partial charge in [0.1, 0.15) is 5.82 Å². The summed E-state index contributed by atoms with van der Waals surface area (Å²) in [4.78, 5) is 19.0. The molecule has 0 aliphatic carbocycles. The number of hydrogen-bond donors (Lipinski definition) is 2. The minimum Gasteiger partial charge on any atom is -0.394 e. The van der Waals surface area contributed by atoms with Crippen molar-refractivity contribution in [1.82, 2.24) is 9.88 Å². The van der Waals surface area contributed by atoms with Gasteiger partial charge >= 0.3 is 6.03 Å². The van der Waals surface area contributed by atoms with Crippen molar-refractivity contribution in [3.8, 4) is 0 Å². The van der Waals surface area contributed by atoms with Gasteiger partial charge in [-0.15, -0.1) is 11.3 Å². The van der Waals surface area contributed by atoms with Gasteiger partial charge in [0.05, 0.1) is 25.9 Å². The van der Waals surface area contributed by atoms with Crippen LogP contribution in [0.4, 0.5) is 14.3 Å². The number of morpholine rings is 1. The molecule has 1 aliphatic rings. The predicted octanol–water partition coefficient (Wildman–Crippen LogP) is 2.10. The summed E-state index contributed by atoms with van der Waals surface area (Å²) in [5, 5.41) is 12.5. The third-order valence-corrected chi connectivity index (χ3v) is 4.65. The minimum absolute atomic E-state index is 0.143. The van der Waals surface area contributed by atoms with Gasteiger partial charge in [0, 0.05) is 24.0 Å². The first-order chi connectivity index (χ1) is 11.7. The molecular weight excluding hydrogens is 333 g/mol. The summed E-state index contributed by atoms with van der Waals surface area (Å²) in [7, 11) is 0. The fourth-order valence-electron chi connectivity index (χ4n) is 2.53. The maximum atomic E-state index is 13.2. The summed E-state index contributed by atoms with van der Waals surface area (Å²) in [6, 6.07) is 5.76. The Morgan fingerprint density at radius 1 is 1.54 bits per heavy atom. The largest absolute Gasteiger partial charge is 0.394 e. The standard InChI is InChI=1S/C16H18FN3O3S/c17-12-3-1-2-11(6-12)7-14-8-18-15(24-14)19-16(22)20-4-5-23-10-13(20)9-21/h1-3,6,8,13,21H,4-5,7,9-10H2,(H,18,19,22)/t13-/m0/s1. The Morgan fingerprint density at radius 2 is 2.42 bits per heavy atom. The van der Waals surface area contributed by atoms with Crippen molar-refractivity contribution in [2.24, 2.45) is 0 Å². The Kier molecular flexibility index (Phi) is 5.39. The SMILES string of the molecule is O=C(Nc1ncc(Cc2cccc(F)c2)s1)N1CCOC[C@@H]1CO. The number of nitrogens with zero attached hydrogens (tertiary/aromatic N) is 2. The molecule has 2 N–H and O–H groups in total. The van der Waals surface area contributed by atoms with Gasteiger partial charge in [0.2, 0.25) is 0 Å². The number of aliphatic hydroxyl groups is 1. The van der Waals surface area contributed by atoms with E-state index < -0.39 is 0 Å². The third kappa shape index (κ3) is 4.08. The molecule has 8 heteroatoms. The normalized spacial score (nSPS) is 17.8. The zero-order valence-electron chi connectivity index (χ0n) is 12.9. The monoisotopic (exact) mass is 351 g/mol. The van der Waals surface area contributed by atoms with Gasteiger partial charge in [0.25, 0.3) is 0 Å². The maximum Gasteiger partial charge on any atom is 0.324 e. The molecule has 6 nitrogen and oxygen atoms in total. The molecule has 0 spiro atoms. The van der Waals surface area contributed by atoms with Crippen molar-refractivity contribution in [3.63, 3.8) is 0 Å². The lowest BCUT2D eigenvalue weighted by Gasteiger charge is -2.34. The van der Waals surface area contributed by atoms with Gasteiger partial charge in [-0.2, -0.15) is 0 Å². The zero-order valence-corrected chi connectivity index (χ0v) is 13.8. The number of aliphatic hydroxyl groups excluding tert-OH is 1. The number of urea groups is 1. The van der Waals surface area contributed by atoms with E-state index in [9.17, 15) is 14.3 Å². The van der Waals surface area contributed by atoms with Crippen molar-refractivity contribution < 1.29 is 19.0 Å². The van der Waals surface area contributed by atoms with E-state index in [1.165, 1.54) is 23.5 Å². The number of thiazole rings is 1. The number of ether oxygens (including phenoxy) is 1. The molecule has 1 aromatic heterocycles. The lowest BCUT2D eigenvalue weighted by atomic mass is 10.1. The van der Waals surface area contributed by atoms with Crippen LogP contribution in [0.1, 0.15) is 10.4 Å². The van der Waals surface area contributed by atoms with Crippen LogP contribution in [0.15, 0.2) is 30.5 Å². The number of carbonyl (C=O) groups excluding carboxylic acids is 1. The quantitative estimate of drug-likeness (QED) is 0.885. The number of hydrogen-bond acceptors (Lipinski definition) is 5. The van der Waals surface area contributed by atoms with Gasteiger partial charge in [-0.25, -0.2) is 14.2 Å². The van der Waals surface area contributed by atoms with Crippen LogP contribution in [0.25, 0.3) is 0 Å². The van der Waals surface area contributed by atoms with Crippen molar-refractivity contribution in [1.29, 1.82) is 0 Å². The third-order valence-electron chi connectivity index (χ3n) is 3.73. The van der Waals surface area contributed by atoms with Gasteiger partial charge < -0.3 is 14.7 Å². The summed E-state index contributed by atoms with van der Waals surface area (Å²) < 4.78 is 18.5. The smallest absolute Gasteiger partial charge is 0.324 e. The maximum absolute atomic E-state index is 13.2. The van der Waals surface area contributed by atoms with E-state index in [2.05, 4.69) is 10.3 Å². The van der Waals surface area contributed by atoms with E-state index in [1.54, 1.807) is 17.2 Å². The molecular formula is C16H18FN3O3S. The lowest BCUT2D eigenvalue weighted by Crippen LogP contribution is -2.52. The summed E-state index contributed by atoms with van der Waals surface area (Å²) in [6.45, 7) is 1.06. The molecule has 1 saturated heterocycles. The first kappa shape index (κ1) is 16.8. The highest BCUT2D eigenvalue weighted by Crippen LogP contribution is 2.22. The fourth-order valence-corrected chi connectivity index (χ4v) is 3.37. The van der Waals surface area contributed by atoms with E-state index in [1.807, 2.05) is 6.07 Å². The van der Waals surface area contributed by atoms with Crippen LogP contribution in [-0.2, 0) is 11.2 Å². The highest BCUT2D eigenvalue weighted by molar-refractivity contribution is 7.15. The zero-order chi connectivity index (χ0) is 16.9. The van der Waals surface area contributed by atoms with E-state index in [4.69, 9.17) is 4.74 Å². The number of carbonyl (C=O) groups is 1. The number of nitrogens with one attached hydrogen (secondary N) is 1. The number of benzene rings is 1. The molecule has 0 radical (unpaired) electrons. The van der Waals surface area contributed by atoms with Crippen LogP contribution in [0.3, 0.4) is 0 Å². The van der Waals surface area contributed by atoms with Gasteiger partial charge in [-0.3, -0.25) is 5.32 Å². The highest BCUT2D eigenvalue weighted by Gasteiger charge is 2.27. The van der Waals surface area contributed by atoms with Crippen LogP contribution in [0.5, 0.6) is 0 Å². The fraction of sp³-hybridized carbons (Fsp3) is 0.375. The molecule has 1 aromatic carbocycles. The molecule has 0 bridgehead atoms. The number of aromatic nitrogens is 1. The second-order valence-corrected chi connectivity index (χ2v) is 6.59. The van der Waals surface area contributed by atoms with Crippen LogP contribution in [0.2, 0.25) is 0 Å². The summed E-state index contributed by atoms with van der Waals surface area (Å²) in [5.41, 5.74) is 0.852. The lowest BCUT2D eigenvalue weighted by molar-refractivity contribution is -0.00485. The number of rotatable bonds is 4. The van der Waals surface area contributed by atoms with E-state index in [0.29, 0.717) is 31.3 Å². The van der Waals surface area contributed by atoms with Crippen molar-refractivity contribution in [3.05, 3.63) is 46.7 Å². The Bertz CT molecular complexity index is 709. The van der Waals surface area contributed by atoms with Gasteiger partial charge in [-0.1, -0.05) is 12.1 Å². The second kappa shape index (κ2) is 7.69. The number of anilines is 1. The molecule has 2 amide bonds. The number of amides is 2. The average Bonchev–Trinajstić information content (AvgIpc) is 3.01. The molecule has 1 atom stereocenters. The first-order valence-corrected chi connectivity index (χ1v) is 8.42. The topological polar surface area (TPSA) is 74.7 Å². The Labute approximate surface area is 142 Å². The van der Waals surface area contributed by atoms with E-state index in [-0.39, 0.29) is 24.5 Å². The summed E-state index contributed by atoms with van der Waals surface area (Å²) >= 11 is 1.35. The molecule has 2 aromatic rings. The Morgan fingerprint density at radius 3 is 3.21 bits per heavy atom. The average molecular weight is 351 g/mol. The van der Waals surface area contributed by atoms with Crippen LogP contribution >= 0.6 is 11.3 Å². The van der Waals surface area contributed by atoms with Crippen LogP contribution in [-0.4, -0.2) is 53.4 Å². The van der Waals surface area contributed by atoms with Crippen molar-refractivity contribution >= 4 is 22.5 Å². The molecule has 0 saturated carbocycles. The first-order valence-electron chi connectivity index (χ1n) is 7.61. The van der Waals surface area contributed by atoms with Crippen molar-refractivity contribution in [2.75, 3.05) is 31.7 Å². The highest BCUT2D eigenvalue weighted by atomic mass is 32.1. The second-order valence-electron chi connectivity index (χ2n) is 5.47. The molecule has 0 unspecified atom stereocenters. The van der Waals surface area contributed by atoms with Crippen molar-refractivity contribution in [2.45, 2.75) is 12.5 Å². The molecule has 1 aliphatic heterocycles. The van der Waals surface area contributed by atoms with Gasteiger partial charge in [0.15, 0.2) is 5.13 Å². The summed E-state index contributed by atoms with van der Waals surface area (Å²) in [6.07, 6.45) is 2.23. The van der Waals surface area contributed by atoms with E-state index in [0.717, 1.165) is 10.4 Å². The predicted molar refractivity (Wildman–Crippen MR) is 88.7 cm³/mol. The molecule has 24 heavy (non-hydrogen) atoms. The molecule has 1 fully saturated rings. The molecule has 2 heterocycles. The Hall–Kier alpha value is -2.03. The number of halogens is 1. The molecule has 128 valence electrons. The Balaban J connectivity index is 1.62. The minimum atomic E-state index is -0.342. The van der Waals surface area contributed by atoms with E-state index >= 15 is 0 Å². The van der Waals surface area contributed by atoms with Crippen LogP contribution < -0.4 is 5.32 Å².